The van der Waals surface area contributed by atoms with Gasteiger partial charge in [-0.1, -0.05) is 0 Å². The number of nitrogens with one attached hydrogen (secondary N) is 1. The normalized spacial score (nSPS) is 10.5. The zero-order valence-electron chi connectivity index (χ0n) is 8.00. The van der Waals surface area contributed by atoms with Crippen molar-refractivity contribution in [1.82, 2.24) is 4.98 Å². The van der Waals surface area contributed by atoms with Crippen molar-refractivity contribution < 1.29 is 4.74 Å². The molecule has 1 N–H and O–H groups in total. The van der Waals surface area contributed by atoms with Gasteiger partial charge in [0.15, 0.2) is 0 Å². The molecule has 0 bridgehead atoms. The van der Waals surface area contributed by atoms with Gasteiger partial charge in [-0.2, -0.15) is 0 Å². The molecule has 2 rings (SSSR count). The van der Waals surface area contributed by atoms with Gasteiger partial charge in [-0.05, 0) is 24.3 Å². The molecule has 78 valence electrons. The van der Waals surface area contributed by atoms with Crippen molar-refractivity contribution in [2.75, 3.05) is 12.5 Å². The number of aromatic amines is 1. The van der Waals surface area contributed by atoms with E-state index in [9.17, 15) is 4.79 Å². The Kier molecular flexibility index (Phi) is 2.92. The lowest BCUT2D eigenvalue weighted by Gasteiger charge is -2.04. The lowest BCUT2D eigenvalue weighted by Crippen LogP contribution is -2.02. The summed E-state index contributed by atoms with van der Waals surface area (Å²) in [6.07, 6.45) is 0. The second kappa shape index (κ2) is 4.36. The molecule has 0 radical (unpaired) electrons. The molecule has 0 spiro atoms. The first-order valence-corrected chi connectivity index (χ1v) is 5.15. The van der Waals surface area contributed by atoms with Crippen LogP contribution in [0.1, 0.15) is 0 Å². The lowest BCUT2D eigenvalue weighted by molar-refractivity contribution is 0.343. The quantitative estimate of drug-likeness (QED) is 0.811. The fourth-order valence-electron chi connectivity index (χ4n) is 1.38. The Morgan fingerprint density at radius 3 is 2.93 bits per heavy atom. The number of hydrogen-bond acceptors (Lipinski definition) is 2. The zero-order chi connectivity index (χ0) is 10.7. The molecule has 0 fully saturated rings. The Morgan fingerprint density at radius 2 is 2.13 bits per heavy atom. The first-order valence-electron chi connectivity index (χ1n) is 4.61. The molecule has 1 aromatic heterocycles. The molecule has 0 saturated carbocycles. The largest absolute Gasteiger partial charge is 0.492 e. The number of H-pyrrole nitrogens is 1. The fourth-order valence-corrected chi connectivity index (χ4v) is 1.46. The highest BCUT2D eigenvalue weighted by Gasteiger charge is 1.97. The molecule has 1 aromatic carbocycles. The molecule has 0 amide bonds. The molecule has 0 unspecified atom stereocenters. The van der Waals surface area contributed by atoms with Crippen molar-refractivity contribution in [1.29, 1.82) is 0 Å². The summed E-state index contributed by atoms with van der Waals surface area (Å²) in [5.74, 6) is 1.22. The number of alkyl halides is 1. The van der Waals surface area contributed by atoms with E-state index in [0.717, 1.165) is 16.7 Å². The minimum absolute atomic E-state index is 0.100. The Morgan fingerprint density at radius 1 is 1.27 bits per heavy atom. The molecule has 0 saturated heterocycles. The van der Waals surface area contributed by atoms with E-state index in [1.165, 1.54) is 6.07 Å². The third-order valence-corrected chi connectivity index (χ3v) is 2.20. The first-order chi connectivity index (χ1) is 7.29. The van der Waals surface area contributed by atoms with E-state index in [1.807, 2.05) is 18.2 Å². The first kappa shape index (κ1) is 10.1. The average molecular weight is 224 g/mol. The molecule has 0 aliphatic rings. The van der Waals surface area contributed by atoms with Gasteiger partial charge < -0.3 is 9.72 Å². The van der Waals surface area contributed by atoms with Crippen molar-refractivity contribution in [2.45, 2.75) is 0 Å². The van der Waals surface area contributed by atoms with Crippen molar-refractivity contribution in [3.05, 3.63) is 40.7 Å². The summed E-state index contributed by atoms with van der Waals surface area (Å²) < 4.78 is 5.37. The Hall–Kier alpha value is -1.48. The highest BCUT2D eigenvalue weighted by atomic mass is 35.5. The van der Waals surface area contributed by atoms with E-state index in [4.69, 9.17) is 16.3 Å². The van der Waals surface area contributed by atoms with Crippen molar-refractivity contribution in [3.8, 4) is 5.75 Å². The maximum absolute atomic E-state index is 11.0. The number of pyridine rings is 1. The topological polar surface area (TPSA) is 42.1 Å². The summed E-state index contributed by atoms with van der Waals surface area (Å²) in [6, 6.07) is 8.76. The van der Waals surface area contributed by atoms with Gasteiger partial charge in [0.05, 0.1) is 5.88 Å². The number of aromatic nitrogens is 1. The Balaban J connectivity index is 2.39. The second-order valence-corrected chi connectivity index (χ2v) is 3.49. The minimum Gasteiger partial charge on any atom is -0.492 e. The van der Waals surface area contributed by atoms with Crippen LogP contribution in [-0.4, -0.2) is 17.5 Å². The molecule has 1 heterocycles. The number of rotatable bonds is 3. The van der Waals surface area contributed by atoms with Crippen LogP contribution in [0.3, 0.4) is 0 Å². The second-order valence-electron chi connectivity index (χ2n) is 3.11. The molecule has 0 atom stereocenters. The van der Waals surface area contributed by atoms with Crippen LogP contribution in [0, 0.1) is 0 Å². The van der Waals surface area contributed by atoms with Crippen LogP contribution in [0.25, 0.3) is 10.9 Å². The van der Waals surface area contributed by atoms with E-state index < -0.39 is 0 Å². The van der Waals surface area contributed by atoms with Gasteiger partial charge in [-0.15, -0.1) is 11.6 Å². The van der Waals surface area contributed by atoms with E-state index in [-0.39, 0.29) is 5.56 Å². The number of ether oxygens (including phenoxy) is 1. The third kappa shape index (κ3) is 2.30. The number of hydrogen-bond donors (Lipinski definition) is 1. The zero-order valence-corrected chi connectivity index (χ0v) is 8.75. The molecule has 2 aromatic rings. The fraction of sp³-hybridized carbons (Fsp3) is 0.182. The molecular weight excluding hydrogens is 214 g/mol. The van der Waals surface area contributed by atoms with Crippen LogP contribution in [0.4, 0.5) is 0 Å². The summed E-state index contributed by atoms with van der Waals surface area (Å²) in [5, 5.41) is 0.946. The van der Waals surface area contributed by atoms with Gasteiger partial charge >= 0.3 is 0 Å². The number of fused-ring (bicyclic) bond motifs is 1. The van der Waals surface area contributed by atoms with Crippen LogP contribution < -0.4 is 10.3 Å². The van der Waals surface area contributed by atoms with Crippen LogP contribution in [-0.2, 0) is 0 Å². The Bertz CT molecular complexity index is 521. The smallest absolute Gasteiger partial charge is 0.248 e. The molecule has 0 aliphatic carbocycles. The van der Waals surface area contributed by atoms with Gasteiger partial charge in [0.2, 0.25) is 5.56 Å². The monoisotopic (exact) mass is 223 g/mol. The van der Waals surface area contributed by atoms with E-state index in [2.05, 4.69) is 4.98 Å². The summed E-state index contributed by atoms with van der Waals surface area (Å²) in [6.45, 7) is 0.483. The minimum atomic E-state index is -0.100. The summed E-state index contributed by atoms with van der Waals surface area (Å²) >= 11 is 5.52. The van der Waals surface area contributed by atoms with Crippen LogP contribution in [0.15, 0.2) is 35.1 Å². The standard InChI is InChI=1S/C11H10ClNO2/c12-5-6-15-9-2-3-10-8(7-9)1-4-11(14)13-10/h1-4,7H,5-6H2,(H,13,14). The van der Waals surface area contributed by atoms with Gasteiger partial charge in [0.1, 0.15) is 12.4 Å². The average Bonchev–Trinajstić information content (AvgIpc) is 2.26. The lowest BCUT2D eigenvalue weighted by atomic mass is 10.2. The van der Waals surface area contributed by atoms with Gasteiger partial charge in [0.25, 0.3) is 0 Å². The summed E-state index contributed by atoms with van der Waals surface area (Å²) in [5.41, 5.74) is 0.706. The van der Waals surface area contributed by atoms with E-state index in [1.54, 1.807) is 6.07 Å². The van der Waals surface area contributed by atoms with Crippen LogP contribution >= 0.6 is 11.6 Å². The van der Waals surface area contributed by atoms with E-state index in [0.29, 0.717) is 12.5 Å². The van der Waals surface area contributed by atoms with Gasteiger partial charge in [-0.3, -0.25) is 4.79 Å². The van der Waals surface area contributed by atoms with Gasteiger partial charge in [-0.25, -0.2) is 0 Å². The summed E-state index contributed by atoms with van der Waals surface area (Å²) in [4.78, 5) is 13.8. The van der Waals surface area contributed by atoms with Crippen LogP contribution in [0.5, 0.6) is 5.75 Å². The van der Waals surface area contributed by atoms with E-state index >= 15 is 0 Å². The van der Waals surface area contributed by atoms with Crippen molar-refractivity contribution in [2.24, 2.45) is 0 Å². The Labute approximate surface area is 91.6 Å². The van der Waals surface area contributed by atoms with Crippen molar-refractivity contribution in [3.63, 3.8) is 0 Å². The number of halogens is 1. The molecular formula is C11H10ClNO2. The maximum atomic E-state index is 11.0. The van der Waals surface area contributed by atoms with Crippen molar-refractivity contribution >= 4 is 22.5 Å². The van der Waals surface area contributed by atoms with Crippen LogP contribution in [0.2, 0.25) is 0 Å². The summed E-state index contributed by atoms with van der Waals surface area (Å²) in [7, 11) is 0. The molecule has 15 heavy (non-hydrogen) atoms. The third-order valence-electron chi connectivity index (χ3n) is 2.04. The maximum Gasteiger partial charge on any atom is 0.248 e. The highest BCUT2D eigenvalue weighted by molar-refractivity contribution is 6.18. The number of benzene rings is 1. The molecule has 0 aliphatic heterocycles. The predicted octanol–water partition coefficient (Wildman–Crippen LogP) is 2.15. The molecule has 3 nitrogen and oxygen atoms in total. The van der Waals surface area contributed by atoms with Gasteiger partial charge in [0, 0.05) is 17.0 Å². The predicted molar refractivity (Wildman–Crippen MR) is 60.8 cm³/mol. The molecule has 4 heteroatoms. The highest BCUT2D eigenvalue weighted by Crippen LogP contribution is 2.17. The SMILES string of the molecule is O=c1ccc2cc(OCCCl)ccc2[nH]1.